The fourth-order valence-electron chi connectivity index (χ4n) is 3.68. The summed E-state index contributed by atoms with van der Waals surface area (Å²) in [5, 5.41) is 35.6. The Balaban J connectivity index is 3.15. The molecule has 0 saturated heterocycles. The molecule has 0 saturated carbocycles. The fourth-order valence-corrected chi connectivity index (χ4v) is 3.68. The summed E-state index contributed by atoms with van der Waals surface area (Å²) < 4.78 is 0. The number of amides is 3. The summed E-state index contributed by atoms with van der Waals surface area (Å²) in [4.78, 5) is 61.6. The highest BCUT2D eigenvalue weighted by atomic mass is 16.4. The lowest BCUT2D eigenvalue weighted by molar-refractivity contribution is -0.144. The van der Waals surface area contributed by atoms with Crippen LogP contribution >= 0.6 is 0 Å². The molecule has 38 heavy (non-hydrogen) atoms. The number of phenols is 1. The van der Waals surface area contributed by atoms with Gasteiger partial charge in [0, 0.05) is 12.8 Å². The minimum Gasteiger partial charge on any atom is -0.508 e. The predicted octanol–water partition coefficient (Wildman–Crippen LogP) is 0.758. The van der Waals surface area contributed by atoms with Gasteiger partial charge in [-0.05, 0) is 42.4 Å². The average molecular weight is 537 g/mol. The van der Waals surface area contributed by atoms with E-state index >= 15 is 0 Å². The highest BCUT2D eigenvalue weighted by Crippen LogP contribution is 2.14. The predicted molar refractivity (Wildman–Crippen MR) is 139 cm³/mol. The molecule has 0 bridgehead atoms. The van der Waals surface area contributed by atoms with E-state index in [9.17, 15) is 34.2 Å². The molecule has 0 aliphatic rings. The number of carboxylic acids is 2. The Kier molecular flexibility index (Phi) is 13.2. The molecule has 0 heterocycles. The molecular weight excluding hydrogens is 496 g/mol. The number of nitrogens with two attached hydrogens (primary N) is 1. The first kappa shape index (κ1) is 32.4. The first-order valence-corrected chi connectivity index (χ1v) is 12.6. The molecule has 0 aliphatic carbocycles. The van der Waals surface area contributed by atoms with Crippen molar-refractivity contribution in [1.82, 2.24) is 16.0 Å². The van der Waals surface area contributed by atoms with Crippen LogP contribution in [0.15, 0.2) is 24.3 Å². The second-order valence-corrected chi connectivity index (χ2v) is 9.87. The van der Waals surface area contributed by atoms with Crippen LogP contribution in [-0.4, -0.2) is 69.1 Å². The van der Waals surface area contributed by atoms with Crippen molar-refractivity contribution in [3.05, 3.63) is 29.8 Å². The summed E-state index contributed by atoms with van der Waals surface area (Å²) in [6, 6.07) is 1.38. The zero-order valence-electron chi connectivity index (χ0n) is 22.3. The first-order valence-electron chi connectivity index (χ1n) is 12.6. The van der Waals surface area contributed by atoms with Gasteiger partial charge in [0.15, 0.2) is 0 Å². The van der Waals surface area contributed by atoms with Crippen molar-refractivity contribution in [3.8, 4) is 5.75 Å². The van der Waals surface area contributed by atoms with Crippen LogP contribution in [0, 0.1) is 11.8 Å². The molecule has 8 N–H and O–H groups in total. The molecule has 1 aromatic carbocycles. The van der Waals surface area contributed by atoms with E-state index in [1.54, 1.807) is 26.0 Å². The minimum absolute atomic E-state index is 0.00978. The summed E-state index contributed by atoms with van der Waals surface area (Å²) in [7, 11) is 0. The second-order valence-electron chi connectivity index (χ2n) is 9.87. The van der Waals surface area contributed by atoms with Gasteiger partial charge in [0.1, 0.15) is 23.9 Å². The van der Waals surface area contributed by atoms with Crippen molar-refractivity contribution < 1.29 is 39.3 Å². The van der Waals surface area contributed by atoms with Crippen LogP contribution in [0.5, 0.6) is 5.75 Å². The van der Waals surface area contributed by atoms with Gasteiger partial charge in [0.2, 0.25) is 17.7 Å². The van der Waals surface area contributed by atoms with E-state index in [0.29, 0.717) is 12.0 Å². The molecule has 5 unspecified atom stereocenters. The summed E-state index contributed by atoms with van der Waals surface area (Å²) in [6.45, 7) is 7.18. The van der Waals surface area contributed by atoms with Crippen molar-refractivity contribution >= 4 is 29.7 Å². The number of rotatable bonds is 16. The van der Waals surface area contributed by atoms with Crippen LogP contribution in [0.25, 0.3) is 0 Å². The SMILES string of the molecule is CCC(C)C(NC(=O)C(CC(C)C)NC(=O)C(Cc1ccc(O)cc1)NC(=O)C(N)CCC(=O)O)C(=O)O. The van der Waals surface area contributed by atoms with Gasteiger partial charge in [-0.3, -0.25) is 19.2 Å². The number of nitrogens with one attached hydrogen (secondary N) is 3. The number of aromatic hydroxyl groups is 1. The molecule has 1 rings (SSSR count). The third-order valence-electron chi connectivity index (χ3n) is 6.13. The first-order chi connectivity index (χ1) is 17.7. The number of hydrogen-bond donors (Lipinski definition) is 7. The smallest absolute Gasteiger partial charge is 0.326 e. The number of aliphatic carboxylic acids is 2. The second kappa shape index (κ2) is 15.6. The summed E-state index contributed by atoms with van der Waals surface area (Å²) in [6.07, 6.45) is 0.244. The molecule has 0 radical (unpaired) electrons. The Morgan fingerprint density at radius 3 is 1.92 bits per heavy atom. The largest absolute Gasteiger partial charge is 0.508 e. The van der Waals surface area contributed by atoms with Crippen molar-refractivity contribution in [3.63, 3.8) is 0 Å². The van der Waals surface area contributed by atoms with Crippen LogP contribution < -0.4 is 21.7 Å². The van der Waals surface area contributed by atoms with E-state index in [0.717, 1.165) is 0 Å². The number of benzene rings is 1. The molecule has 12 nitrogen and oxygen atoms in total. The summed E-state index contributed by atoms with van der Waals surface area (Å²) >= 11 is 0. The van der Waals surface area contributed by atoms with Gasteiger partial charge < -0.3 is 37.0 Å². The summed E-state index contributed by atoms with van der Waals surface area (Å²) in [5.41, 5.74) is 6.40. The van der Waals surface area contributed by atoms with E-state index in [2.05, 4.69) is 16.0 Å². The maximum absolute atomic E-state index is 13.3. The number of carbonyl (C=O) groups is 5. The Bertz CT molecular complexity index is 966. The van der Waals surface area contributed by atoms with Gasteiger partial charge in [-0.25, -0.2) is 4.79 Å². The van der Waals surface area contributed by atoms with E-state index in [-0.39, 0.29) is 43.3 Å². The van der Waals surface area contributed by atoms with Crippen molar-refractivity contribution in [1.29, 1.82) is 0 Å². The monoisotopic (exact) mass is 536 g/mol. The standard InChI is InChI=1S/C26H40N4O8/c1-5-15(4)22(26(37)38)30-25(36)19(12-14(2)3)29-24(35)20(13-16-6-8-17(31)9-7-16)28-23(34)18(27)10-11-21(32)33/h6-9,14-15,18-20,22,31H,5,10-13,27H2,1-4H3,(H,28,34)(H,29,35)(H,30,36)(H,32,33)(H,37,38). The highest BCUT2D eigenvalue weighted by Gasteiger charge is 2.32. The Morgan fingerprint density at radius 1 is 0.868 bits per heavy atom. The van der Waals surface area contributed by atoms with Crippen LogP contribution in [0.3, 0.4) is 0 Å². The molecular formula is C26H40N4O8. The van der Waals surface area contributed by atoms with Gasteiger partial charge in [0.05, 0.1) is 6.04 Å². The average Bonchev–Trinajstić information content (AvgIpc) is 2.84. The molecule has 3 amide bonds. The molecule has 212 valence electrons. The lowest BCUT2D eigenvalue weighted by Gasteiger charge is -2.27. The van der Waals surface area contributed by atoms with E-state index in [4.69, 9.17) is 10.8 Å². The lowest BCUT2D eigenvalue weighted by Crippen LogP contribution is -2.58. The molecule has 0 aromatic heterocycles. The lowest BCUT2D eigenvalue weighted by atomic mass is 9.97. The van der Waals surface area contributed by atoms with Crippen LogP contribution in [-0.2, 0) is 30.4 Å². The van der Waals surface area contributed by atoms with Crippen LogP contribution in [0.2, 0.25) is 0 Å². The Morgan fingerprint density at radius 2 is 1.42 bits per heavy atom. The van der Waals surface area contributed by atoms with E-state index in [1.807, 2.05) is 13.8 Å². The van der Waals surface area contributed by atoms with Crippen molar-refractivity contribution in [2.75, 3.05) is 0 Å². The van der Waals surface area contributed by atoms with Gasteiger partial charge in [-0.2, -0.15) is 0 Å². The van der Waals surface area contributed by atoms with E-state index in [1.165, 1.54) is 12.1 Å². The normalized spacial score (nSPS) is 15.0. The van der Waals surface area contributed by atoms with E-state index < -0.39 is 53.8 Å². The van der Waals surface area contributed by atoms with Gasteiger partial charge in [-0.15, -0.1) is 0 Å². The zero-order chi connectivity index (χ0) is 29.0. The molecule has 0 fully saturated rings. The molecule has 5 atom stereocenters. The van der Waals surface area contributed by atoms with Gasteiger partial charge in [0.25, 0.3) is 0 Å². The van der Waals surface area contributed by atoms with Gasteiger partial charge >= 0.3 is 11.9 Å². The quantitative estimate of drug-likeness (QED) is 0.159. The fraction of sp³-hybridized carbons (Fsp3) is 0.577. The number of carbonyl (C=O) groups excluding carboxylic acids is 3. The van der Waals surface area contributed by atoms with Crippen LogP contribution in [0.4, 0.5) is 0 Å². The third kappa shape index (κ3) is 11.2. The molecule has 12 heteroatoms. The maximum atomic E-state index is 13.3. The Hall–Kier alpha value is -3.67. The van der Waals surface area contributed by atoms with Crippen LogP contribution in [0.1, 0.15) is 58.9 Å². The Labute approximate surface area is 222 Å². The number of carboxylic acid groups (broad SMARTS) is 2. The zero-order valence-corrected chi connectivity index (χ0v) is 22.3. The minimum atomic E-state index is -1.19. The number of hydrogen-bond acceptors (Lipinski definition) is 7. The number of phenolic OH excluding ortho intramolecular Hbond substituents is 1. The van der Waals surface area contributed by atoms with Gasteiger partial charge in [-0.1, -0.05) is 46.2 Å². The highest BCUT2D eigenvalue weighted by molar-refractivity contribution is 5.94. The molecule has 1 aromatic rings. The van der Waals surface area contributed by atoms with Crippen molar-refractivity contribution in [2.45, 2.75) is 84.0 Å². The van der Waals surface area contributed by atoms with Crippen molar-refractivity contribution in [2.24, 2.45) is 17.6 Å². The maximum Gasteiger partial charge on any atom is 0.326 e. The molecule has 0 aliphatic heterocycles. The topological polar surface area (TPSA) is 208 Å². The third-order valence-corrected chi connectivity index (χ3v) is 6.13. The summed E-state index contributed by atoms with van der Waals surface area (Å²) in [5.74, 6) is -4.77. The molecule has 0 spiro atoms.